The Morgan fingerprint density at radius 2 is 1.26 bits per heavy atom. The van der Waals surface area contributed by atoms with Crippen molar-refractivity contribution in [1.82, 2.24) is 0 Å². The number of rotatable bonds is 9. The fraction of sp³-hybridized carbons (Fsp3) is 0.0968. The molecule has 1 N–H and O–H groups in total. The van der Waals surface area contributed by atoms with E-state index in [4.69, 9.17) is 9.47 Å². The first-order valence-corrected chi connectivity index (χ1v) is 14.0. The van der Waals surface area contributed by atoms with Crippen LogP contribution >= 0.6 is 6.89 Å². The molecule has 192 valence electrons. The smallest absolute Gasteiger partial charge is 0.362 e. The highest BCUT2D eigenvalue weighted by Gasteiger charge is 2.27. The van der Waals surface area contributed by atoms with Crippen molar-refractivity contribution < 1.29 is 19.4 Å². The number of aliphatic hydroxyl groups excluding tert-OH is 1. The zero-order chi connectivity index (χ0) is 26.8. The monoisotopic (exact) mass is 524 g/mol. The normalized spacial score (nSPS) is 12.1. The number of hydrogen-bond donors (Lipinski definition) is 1. The summed E-state index contributed by atoms with van der Waals surface area (Å²) in [6.45, 7) is -0.758. The van der Waals surface area contributed by atoms with Crippen molar-refractivity contribution in [3.8, 4) is 5.75 Å². The molecule has 0 aromatic heterocycles. The molecule has 7 heteroatoms. The number of allylic oxidation sites excluding steroid dienone is 1. The highest BCUT2D eigenvalue weighted by atomic mass is 31.2. The van der Waals surface area contributed by atoms with E-state index in [2.05, 4.69) is 10.2 Å². The molecule has 0 radical (unpaired) electrons. The first kappa shape index (κ1) is 26.6. The molecular weight excluding hydrogens is 495 g/mol. The molecule has 0 aliphatic carbocycles. The van der Waals surface area contributed by atoms with E-state index in [0.29, 0.717) is 11.4 Å². The van der Waals surface area contributed by atoms with Crippen LogP contribution < -0.4 is 20.7 Å². The van der Waals surface area contributed by atoms with E-state index in [0.717, 1.165) is 15.9 Å². The third-order valence-corrected chi connectivity index (χ3v) is 9.83. The second-order valence-corrected chi connectivity index (χ2v) is 11.5. The van der Waals surface area contributed by atoms with Gasteiger partial charge in [-0.1, -0.05) is 91.0 Å². The van der Waals surface area contributed by atoms with Gasteiger partial charge in [0.2, 0.25) is 5.70 Å². The SMILES string of the molecule is CCOC(=O)/C(N=Nc1ccc(OC)cc1)=C(\O)C=P(c1ccccc1)(c1ccccc1)c1ccccc1. The highest BCUT2D eigenvalue weighted by molar-refractivity contribution is 7.94. The van der Waals surface area contributed by atoms with Crippen LogP contribution in [0.25, 0.3) is 0 Å². The predicted octanol–water partition coefficient (Wildman–Crippen LogP) is 5.91. The minimum absolute atomic E-state index is 0.129. The van der Waals surface area contributed by atoms with Crippen molar-refractivity contribution in [2.24, 2.45) is 10.2 Å². The van der Waals surface area contributed by atoms with Gasteiger partial charge in [0.15, 0.2) is 5.76 Å². The second kappa shape index (κ2) is 12.7. The second-order valence-electron chi connectivity index (χ2n) is 8.21. The summed E-state index contributed by atoms with van der Waals surface area (Å²) in [5, 5.41) is 23.0. The van der Waals surface area contributed by atoms with Crippen molar-refractivity contribution in [2.75, 3.05) is 13.7 Å². The van der Waals surface area contributed by atoms with Gasteiger partial charge in [-0.05, 0) is 59.8 Å². The summed E-state index contributed by atoms with van der Waals surface area (Å²) in [5.74, 6) is 1.37. The molecular formula is C31H29N2O4P. The first-order valence-electron chi connectivity index (χ1n) is 12.2. The van der Waals surface area contributed by atoms with Gasteiger partial charge in [-0.25, -0.2) is 4.79 Å². The Bertz CT molecular complexity index is 1360. The van der Waals surface area contributed by atoms with Crippen molar-refractivity contribution in [2.45, 2.75) is 6.92 Å². The number of carbonyl (C=O) groups is 1. The van der Waals surface area contributed by atoms with Gasteiger partial charge in [-0.3, -0.25) is 0 Å². The van der Waals surface area contributed by atoms with E-state index in [-0.39, 0.29) is 18.1 Å². The summed E-state index contributed by atoms with van der Waals surface area (Å²) >= 11 is 0. The summed E-state index contributed by atoms with van der Waals surface area (Å²) in [4.78, 5) is 13.0. The summed E-state index contributed by atoms with van der Waals surface area (Å²) in [5.41, 5.74) is 0.227. The molecule has 0 unspecified atom stereocenters. The molecule has 0 spiro atoms. The molecule has 0 fully saturated rings. The molecule has 0 bridgehead atoms. The topological polar surface area (TPSA) is 80.5 Å². The quantitative estimate of drug-likeness (QED) is 0.0971. The number of azo groups is 1. The van der Waals surface area contributed by atoms with Crippen LogP contribution in [0.4, 0.5) is 5.69 Å². The summed E-state index contributed by atoms with van der Waals surface area (Å²) in [6.07, 6.45) is 0. The summed E-state index contributed by atoms with van der Waals surface area (Å²) in [7, 11) is 1.58. The fourth-order valence-electron chi connectivity index (χ4n) is 4.06. The Morgan fingerprint density at radius 1 is 0.789 bits per heavy atom. The Kier molecular flexibility index (Phi) is 8.91. The van der Waals surface area contributed by atoms with Crippen molar-refractivity contribution in [3.05, 3.63) is 127 Å². The lowest BCUT2D eigenvalue weighted by Gasteiger charge is -2.28. The van der Waals surface area contributed by atoms with Crippen molar-refractivity contribution in [1.29, 1.82) is 0 Å². The lowest BCUT2D eigenvalue weighted by atomic mass is 10.3. The molecule has 0 atom stereocenters. The molecule has 6 nitrogen and oxygen atoms in total. The van der Waals surface area contributed by atoms with E-state index >= 15 is 0 Å². The van der Waals surface area contributed by atoms with Crippen LogP contribution in [-0.4, -0.2) is 30.6 Å². The summed E-state index contributed by atoms with van der Waals surface area (Å²) < 4.78 is 10.4. The van der Waals surface area contributed by atoms with Crippen LogP contribution in [0.5, 0.6) is 5.75 Å². The largest absolute Gasteiger partial charge is 0.505 e. The average Bonchev–Trinajstić information content (AvgIpc) is 2.98. The van der Waals surface area contributed by atoms with Gasteiger partial charge in [0.25, 0.3) is 0 Å². The van der Waals surface area contributed by atoms with Gasteiger partial charge in [0.1, 0.15) is 5.75 Å². The van der Waals surface area contributed by atoms with Crippen molar-refractivity contribution in [3.63, 3.8) is 0 Å². The Hall–Kier alpha value is -4.41. The lowest BCUT2D eigenvalue weighted by molar-refractivity contribution is -0.138. The molecule has 0 aliphatic heterocycles. The van der Waals surface area contributed by atoms with Crippen molar-refractivity contribution >= 4 is 40.3 Å². The Labute approximate surface area is 222 Å². The molecule has 0 heterocycles. The molecule has 38 heavy (non-hydrogen) atoms. The maximum absolute atomic E-state index is 13.0. The number of aliphatic hydroxyl groups is 1. The van der Waals surface area contributed by atoms with Crippen LogP contribution in [0.15, 0.2) is 137 Å². The van der Waals surface area contributed by atoms with E-state index in [9.17, 15) is 9.90 Å². The third-order valence-electron chi connectivity index (χ3n) is 5.86. The van der Waals surface area contributed by atoms with Gasteiger partial charge in [-0.2, -0.15) is 5.11 Å². The minimum atomic E-state index is -2.59. The molecule has 0 aliphatic rings. The number of benzene rings is 4. The van der Waals surface area contributed by atoms with Crippen LogP contribution in [0.3, 0.4) is 0 Å². The number of hydrogen-bond acceptors (Lipinski definition) is 6. The average molecular weight is 525 g/mol. The maximum atomic E-state index is 13.0. The fourth-order valence-corrected chi connectivity index (χ4v) is 7.82. The molecule has 0 amide bonds. The van der Waals surface area contributed by atoms with E-state index in [1.807, 2.05) is 91.0 Å². The maximum Gasteiger partial charge on any atom is 0.362 e. The highest BCUT2D eigenvalue weighted by Crippen LogP contribution is 2.44. The van der Waals surface area contributed by atoms with E-state index < -0.39 is 12.9 Å². The van der Waals surface area contributed by atoms with Crippen LogP contribution in [0, 0.1) is 0 Å². The van der Waals surface area contributed by atoms with Crippen LogP contribution in [0.1, 0.15) is 6.92 Å². The number of ether oxygens (including phenoxy) is 2. The molecule has 4 aromatic carbocycles. The number of nitrogens with zero attached hydrogens (tertiary/aromatic N) is 2. The predicted molar refractivity (Wildman–Crippen MR) is 155 cm³/mol. The molecule has 4 rings (SSSR count). The van der Waals surface area contributed by atoms with Gasteiger partial charge in [0.05, 0.1) is 19.4 Å². The number of carbonyl (C=O) groups excluding carboxylic acids is 1. The zero-order valence-electron chi connectivity index (χ0n) is 21.3. The first-order chi connectivity index (χ1) is 18.6. The minimum Gasteiger partial charge on any atom is -0.505 e. The van der Waals surface area contributed by atoms with Crippen LogP contribution in [-0.2, 0) is 9.53 Å². The molecule has 0 saturated heterocycles. The summed E-state index contributed by atoms with van der Waals surface area (Å²) in [6, 6.07) is 36.9. The molecule has 4 aromatic rings. The number of methoxy groups -OCH3 is 1. The Balaban J connectivity index is 2.00. The van der Waals surface area contributed by atoms with Gasteiger partial charge >= 0.3 is 5.97 Å². The molecule has 0 saturated carbocycles. The zero-order valence-corrected chi connectivity index (χ0v) is 22.2. The van der Waals surface area contributed by atoms with E-state index in [1.54, 1.807) is 44.1 Å². The van der Waals surface area contributed by atoms with Crippen LogP contribution in [0.2, 0.25) is 0 Å². The standard InChI is InChI=1S/C31H29N2O4P/c1-3-37-31(35)30(33-32-24-19-21-25(36-2)22-20-24)29(34)23-38(26-13-7-4-8-14-26,27-15-9-5-10-16-27)28-17-11-6-12-18-28/h4-23,34H,3H2,1-2H3/b30-29+,33-32?. The van der Waals surface area contributed by atoms with Gasteiger partial charge in [-0.15, -0.1) is 5.11 Å². The van der Waals surface area contributed by atoms with Gasteiger partial charge in [0, 0.05) is 0 Å². The lowest BCUT2D eigenvalue weighted by Crippen LogP contribution is -2.27. The van der Waals surface area contributed by atoms with Gasteiger partial charge < -0.3 is 14.6 Å². The number of esters is 1. The van der Waals surface area contributed by atoms with E-state index in [1.165, 1.54) is 0 Å². The Morgan fingerprint density at radius 3 is 1.68 bits per heavy atom. The third kappa shape index (κ3) is 5.93.